The molecule has 0 unspecified atom stereocenters. The van der Waals surface area contributed by atoms with Gasteiger partial charge < -0.3 is 9.88 Å². The van der Waals surface area contributed by atoms with Gasteiger partial charge in [-0.2, -0.15) is 0 Å². The summed E-state index contributed by atoms with van der Waals surface area (Å²) in [5.74, 6) is 0.981. The minimum absolute atomic E-state index is 0.104. The normalized spacial score (nSPS) is 22.8. The Balaban J connectivity index is 1.51. The van der Waals surface area contributed by atoms with Crippen molar-refractivity contribution < 1.29 is 9.59 Å². The Morgan fingerprint density at radius 3 is 2.88 bits per heavy atom. The second-order valence-corrected chi connectivity index (χ2v) is 6.46. The third kappa shape index (κ3) is 3.59. The summed E-state index contributed by atoms with van der Waals surface area (Å²) in [6.07, 6.45) is 3.86. The summed E-state index contributed by atoms with van der Waals surface area (Å²) in [5, 5.41) is 2.67. The molecule has 3 rings (SSSR count). The molecule has 2 fully saturated rings. The van der Waals surface area contributed by atoms with Gasteiger partial charge >= 0.3 is 6.03 Å². The summed E-state index contributed by atoms with van der Waals surface area (Å²) in [7, 11) is 0. The summed E-state index contributed by atoms with van der Waals surface area (Å²) in [4.78, 5) is 34.1. The Labute approximate surface area is 142 Å². The maximum absolute atomic E-state index is 12.2. The minimum atomic E-state index is -0.266. The van der Waals surface area contributed by atoms with E-state index in [9.17, 15) is 9.59 Å². The summed E-state index contributed by atoms with van der Waals surface area (Å²) in [6, 6.07) is 0.0825. The number of nitrogens with one attached hydrogen (secondary N) is 1. The predicted molar refractivity (Wildman–Crippen MR) is 89.3 cm³/mol. The van der Waals surface area contributed by atoms with Crippen LogP contribution in [0, 0.1) is 0 Å². The third-order valence-corrected chi connectivity index (χ3v) is 4.85. The first-order valence-electron chi connectivity index (χ1n) is 8.63. The van der Waals surface area contributed by atoms with Crippen molar-refractivity contribution in [3.63, 3.8) is 0 Å². The molecule has 8 nitrogen and oxygen atoms in total. The molecule has 0 radical (unpaired) electrons. The van der Waals surface area contributed by atoms with E-state index in [0.29, 0.717) is 25.7 Å². The van der Waals surface area contributed by atoms with E-state index in [1.807, 2.05) is 12.4 Å². The molecular weight excluding hydrogens is 308 g/mol. The van der Waals surface area contributed by atoms with Gasteiger partial charge in [0.05, 0.1) is 13.1 Å². The number of rotatable bonds is 5. The maximum atomic E-state index is 12.2. The SMILES string of the molecule is CCn1ccnc1CN1CCN(CC(=O)N2CCNC2=O)C[C@H]1C. The maximum Gasteiger partial charge on any atom is 0.324 e. The van der Waals surface area contributed by atoms with Crippen LogP contribution >= 0.6 is 0 Å². The van der Waals surface area contributed by atoms with Gasteiger partial charge in [-0.3, -0.25) is 19.5 Å². The minimum Gasteiger partial charge on any atom is -0.336 e. The molecular formula is C16H26N6O2. The number of imide groups is 1. The van der Waals surface area contributed by atoms with E-state index in [2.05, 4.69) is 38.5 Å². The van der Waals surface area contributed by atoms with Crippen molar-refractivity contribution in [2.45, 2.75) is 33.0 Å². The number of aryl methyl sites for hydroxylation is 1. The quantitative estimate of drug-likeness (QED) is 0.818. The molecule has 1 aromatic rings. The van der Waals surface area contributed by atoms with Crippen LogP contribution in [0.25, 0.3) is 0 Å². The van der Waals surface area contributed by atoms with Crippen LogP contribution in [0.3, 0.4) is 0 Å². The highest BCUT2D eigenvalue weighted by molar-refractivity contribution is 5.96. The molecule has 0 bridgehead atoms. The monoisotopic (exact) mass is 334 g/mol. The molecule has 2 saturated heterocycles. The molecule has 1 atom stereocenters. The summed E-state index contributed by atoms with van der Waals surface area (Å²) < 4.78 is 2.16. The van der Waals surface area contributed by atoms with Gasteiger partial charge in [-0.1, -0.05) is 0 Å². The summed E-state index contributed by atoms with van der Waals surface area (Å²) >= 11 is 0. The highest BCUT2D eigenvalue weighted by atomic mass is 16.2. The zero-order chi connectivity index (χ0) is 17.1. The van der Waals surface area contributed by atoms with Crippen LogP contribution in [0.2, 0.25) is 0 Å². The summed E-state index contributed by atoms with van der Waals surface area (Å²) in [5.41, 5.74) is 0. The number of aromatic nitrogens is 2. The first-order chi connectivity index (χ1) is 11.6. The van der Waals surface area contributed by atoms with Gasteiger partial charge in [-0.25, -0.2) is 9.78 Å². The van der Waals surface area contributed by atoms with E-state index >= 15 is 0 Å². The second kappa shape index (κ2) is 7.31. The van der Waals surface area contributed by atoms with E-state index in [1.54, 1.807) is 0 Å². The average Bonchev–Trinajstić information content (AvgIpc) is 3.18. The van der Waals surface area contributed by atoms with Crippen LogP contribution < -0.4 is 5.32 Å². The van der Waals surface area contributed by atoms with E-state index in [1.165, 1.54) is 4.90 Å². The van der Waals surface area contributed by atoms with Crippen molar-refractivity contribution in [1.82, 2.24) is 29.6 Å². The summed E-state index contributed by atoms with van der Waals surface area (Å²) in [6.45, 7) is 9.96. The van der Waals surface area contributed by atoms with E-state index in [0.717, 1.165) is 38.5 Å². The lowest BCUT2D eigenvalue weighted by Gasteiger charge is -2.39. The molecule has 0 saturated carbocycles. The van der Waals surface area contributed by atoms with Crippen molar-refractivity contribution in [2.24, 2.45) is 0 Å². The van der Waals surface area contributed by atoms with Gasteiger partial charge in [0.25, 0.3) is 0 Å². The molecule has 24 heavy (non-hydrogen) atoms. The molecule has 3 heterocycles. The van der Waals surface area contributed by atoms with Gasteiger partial charge in [0.1, 0.15) is 5.82 Å². The van der Waals surface area contributed by atoms with E-state index in [-0.39, 0.29) is 11.9 Å². The van der Waals surface area contributed by atoms with Crippen molar-refractivity contribution in [3.8, 4) is 0 Å². The first-order valence-corrected chi connectivity index (χ1v) is 8.63. The Kier molecular flexibility index (Phi) is 5.15. The number of nitrogens with zero attached hydrogens (tertiary/aromatic N) is 5. The van der Waals surface area contributed by atoms with Crippen LogP contribution in [-0.4, -0.2) is 81.5 Å². The molecule has 0 aliphatic carbocycles. The highest BCUT2D eigenvalue weighted by Crippen LogP contribution is 2.14. The van der Waals surface area contributed by atoms with Gasteiger partial charge in [0, 0.05) is 57.7 Å². The molecule has 8 heteroatoms. The largest absolute Gasteiger partial charge is 0.336 e. The number of carbonyl (C=O) groups excluding carboxylic acids is 2. The van der Waals surface area contributed by atoms with Gasteiger partial charge in [-0.05, 0) is 13.8 Å². The van der Waals surface area contributed by atoms with Crippen LogP contribution in [-0.2, 0) is 17.9 Å². The average molecular weight is 334 g/mol. The Bertz CT molecular complexity index is 601. The molecule has 1 aromatic heterocycles. The molecule has 0 spiro atoms. The molecule has 2 aliphatic heterocycles. The molecule has 132 valence electrons. The molecule has 2 aliphatic rings. The van der Waals surface area contributed by atoms with E-state index < -0.39 is 0 Å². The zero-order valence-electron chi connectivity index (χ0n) is 14.4. The number of hydrogen-bond donors (Lipinski definition) is 1. The van der Waals surface area contributed by atoms with Crippen LogP contribution in [0.5, 0.6) is 0 Å². The molecule has 1 N–H and O–H groups in total. The smallest absolute Gasteiger partial charge is 0.324 e. The number of piperazine rings is 1. The van der Waals surface area contributed by atoms with Gasteiger partial charge in [0.15, 0.2) is 0 Å². The van der Waals surface area contributed by atoms with Crippen LogP contribution in [0.15, 0.2) is 12.4 Å². The fraction of sp³-hybridized carbons (Fsp3) is 0.688. The van der Waals surface area contributed by atoms with Crippen molar-refractivity contribution in [3.05, 3.63) is 18.2 Å². The first kappa shape index (κ1) is 16.9. The van der Waals surface area contributed by atoms with Gasteiger partial charge in [-0.15, -0.1) is 0 Å². The highest BCUT2D eigenvalue weighted by Gasteiger charge is 2.30. The number of hydrogen-bond acceptors (Lipinski definition) is 5. The fourth-order valence-electron chi connectivity index (χ4n) is 3.40. The Morgan fingerprint density at radius 2 is 2.21 bits per heavy atom. The third-order valence-electron chi connectivity index (χ3n) is 4.85. The van der Waals surface area contributed by atoms with Crippen LogP contribution in [0.4, 0.5) is 4.79 Å². The number of urea groups is 1. The second-order valence-electron chi connectivity index (χ2n) is 6.46. The Hall–Kier alpha value is -1.93. The standard InChI is InChI=1S/C16H26N6O2/c1-3-20-6-4-17-14(20)11-21-9-8-19(10-13(21)2)12-15(23)22-7-5-18-16(22)24/h4,6,13H,3,5,7-12H2,1-2H3,(H,18,24)/t13-/m1/s1. The number of imidazole rings is 1. The fourth-order valence-corrected chi connectivity index (χ4v) is 3.40. The molecule has 0 aromatic carbocycles. The van der Waals surface area contributed by atoms with Crippen molar-refractivity contribution in [2.75, 3.05) is 39.3 Å². The number of amides is 3. The lowest BCUT2D eigenvalue weighted by atomic mass is 10.2. The Morgan fingerprint density at radius 1 is 1.38 bits per heavy atom. The zero-order valence-corrected chi connectivity index (χ0v) is 14.4. The van der Waals surface area contributed by atoms with Crippen LogP contribution in [0.1, 0.15) is 19.7 Å². The lowest BCUT2D eigenvalue weighted by molar-refractivity contribution is -0.129. The lowest BCUT2D eigenvalue weighted by Crippen LogP contribution is -2.54. The number of carbonyl (C=O) groups is 2. The van der Waals surface area contributed by atoms with Gasteiger partial charge in [0.2, 0.25) is 5.91 Å². The topological polar surface area (TPSA) is 73.7 Å². The predicted octanol–water partition coefficient (Wildman–Crippen LogP) is -0.0391. The molecule has 3 amide bonds. The van der Waals surface area contributed by atoms with E-state index in [4.69, 9.17) is 0 Å². The van der Waals surface area contributed by atoms with Crippen molar-refractivity contribution >= 4 is 11.9 Å². The van der Waals surface area contributed by atoms with Crippen molar-refractivity contribution in [1.29, 1.82) is 0 Å².